The third-order valence-electron chi connectivity index (χ3n) is 4.79. The summed E-state index contributed by atoms with van der Waals surface area (Å²) in [5, 5.41) is 6.63. The summed E-state index contributed by atoms with van der Waals surface area (Å²) in [6.07, 6.45) is 3.02. The third-order valence-corrected chi connectivity index (χ3v) is 6.02. The fourth-order valence-electron chi connectivity index (χ4n) is 3.41. The minimum Gasteiger partial charge on any atom is -0.355 e. The molecule has 2 heterocycles. The van der Waals surface area contributed by atoms with E-state index < -0.39 is 0 Å². The molecule has 2 aliphatic heterocycles. The number of hydrogen-bond acceptors (Lipinski definition) is 3. The Morgan fingerprint density at radius 1 is 1.29 bits per heavy atom. The molecule has 0 spiro atoms. The van der Waals surface area contributed by atoms with Gasteiger partial charge in [0.25, 0.3) is 0 Å². The molecule has 3 rings (SSSR count). The van der Waals surface area contributed by atoms with E-state index in [-0.39, 0.29) is 11.3 Å². The minimum atomic E-state index is -0.335. The molecule has 2 aliphatic rings. The maximum atomic E-state index is 12.9. The highest BCUT2D eigenvalue weighted by Crippen LogP contribution is 2.34. The van der Waals surface area contributed by atoms with E-state index in [0.29, 0.717) is 5.92 Å². The molecular weight excluding hydrogens is 280 g/mol. The van der Waals surface area contributed by atoms with Gasteiger partial charge in [-0.25, -0.2) is 0 Å². The Morgan fingerprint density at radius 3 is 2.71 bits per heavy atom. The lowest BCUT2D eigenvalue weighted by molar-refractivity contribution is -0.128. The topological polar surface area (TPSA) is 41.1 Å². The van der Waals surface area contributed by atoms with E-state index in [1.54, 1.807) is 0 Å². The normalized spacial score (nSPS) is 24.7. The summed E-state index contributed by atoms with van der Waals surface area (Å²) >= 11 is 2.00. The van der Waals surface area contributed by atoms with Crippen LogP contribution in [0.25, 0.3) is 0 Å². The third kappa shape index (κ3) is 3.27. The zero-order valence-electron chi connectivity index (χ0n) is 12.4. The number of carbonyl (C=O) groups is 1. The Balaban J connectivity index is 1.73. The van der Waals surface area contributed by atoms with Crippen LogP contribution in [0.5, 0.6) is 0 Å². The van der Waals surface area contributed by atoms with Gasteiger partial charge in [0.1, 0.15) is 0 Å². The van der Waals surface area contributed by atoms with Gasteiger partial charge in [-0.1, -0.05) is 30.3 Å². The summed E-state index contributed by atoms with van der Waals surface area (Å²) in [7, 11) is 0. The van der Waals surface area contributed by atoms with E-state index in [1.165, 1.54) is 23.5 Å². The van der Waals surface area contributed by atoms with Crippen LogP contribution in [-0.2, 0) is 10.2 Å². The molecule has 0 saturated carbocycles. The second-order valence-electron chi connectivity index (χ2n) is 6.14. The van der Waals surface area contributed by atoms with Crippen LogP contribution in [0.15, 0.2) is 30.3 Å². The number of hydrogen-bond donors (Lipinski definition) is 2. The van der Waals surface area contributed by atoms with E-state index in [4.69, 9.17) is 0 Å². The smallest absolute Gasteiger partial charge is 0.230 e. The highest BCUT2D eigenvalue weighted by molar-refractivity contribution is 7.99. The number of rotatable bonds is 4. The van der Waals surface area contributed by atoms with E-state index in [1.807, 2.05) is 30.0 Å². The van der Waals surface area contributed by atoms with Crippen molar-refractivity contribution in [2.45, 2.75) is 24.7 Å². The molecule has 1 atom stereocenters. The van der Waals surface area contributed by atoms with Gasteiger partial charge in [0.15, 0.2) is 0 Å². The highest BCUT2D eigenvalue weighted by atomic mass is 32.2. The molecule has 1 amide bonds. The number of nitrogens with one attached hydrogen (secondary N) is 2. The lowest BCUT2D eigenvalue weighted by atomic mass is 9.72. The second-order valence-corrected chi connectivity index (χ2v) is 7.29. The van der Waals surface area contributed by atoms with Crippen molar-refractivity contribution in [2.75, 3.05) is 31.1 Å². The van der Waals surface area contributed by atoms with E-state index >= 15 is 0 Å². The first-order valence-electron chi connectivity index (χ1n) is 7.93. The van der Waals surface area contributed by atoms with Gasteiger partial charge in [-0.2, -0.15) is 11.8 Å². The molecule has 0 radical (unpaired) electrons. The number of thioether (sulfide) groups is 1. The van der Waals surface area contributed by atoms with Gasteiger partial charge in [0, 0.05) is 6.54 Å². The molecular formula is C17H24N2OS. The van der Waals surface area contributed by atoms with Crippen molar-refractivity contribution in [3.05, 3.63) is 35.9 Å². The van der Waals surface area contributed by atoms with Gasteiger partial charge < -0.3 is 10.6 Å². The van der Waals surface area contributed by atoms with Crippen LogP contribution in [0.3, 0.4) is 0 Å². The first-order valence-corrected chi connectivity index (χ1v) is 9.09. The first kappa shape index (κ1) is 14.9. The summed E-state index contributed by atoms with van der Waals surface area (Å²) in [6.45, 7) is 2.68. The highest BCUT2D eigenvalue weighted by Gasteiger charge is 2.41. The fraction of sp³-hybridized carbons (Fsp3) is 0.588. The van der Waals surface area contributed by atoms with Crippen LogP contribution < -0.4 is 10.6 Å². The van der Waals surface area contributed by atoms with E-state index in [2.05, 4.69) is 22.8 Å². The molecule has 2 N–H and O–H groups in total. The summed E-state index contributed by atoms with van der Waals surface area (Å²) in [6, 6.07) is 10.3. The summed E-state index contributed by atoms with van der Waals surface area (Å²) in [5.41, 5.74) is 0.836. The summed E-state index contributed by atoms with van der Waals surface area (Å²) in [4.78, 5) is 12.9. The van der Waals surface area contributed by atoms with E-state index in [0.717, 1.165) is 32.5 Å². The van der Waals surface area contributed by atoms with Crippen molar-refractivity contribution in [2.24, 2.45) is 5.92 Å². The van der Waals surface area contributed by atoms with Gasteiger partial charge >= 0.3 is 0 Å². The van der Waals surface area contributed by atoms with Gasteiger partial charge in [-0.3, -0.25) is 4.79 Å². The molecule has 114 valence electrons. The molecule has 3 nitrogen and oxygen atoms in total. The lowest BCUT2D eigenvalue weighted by Crippen LogP contribution is -2.51. The van der Waals surface area contributed by atoms with Crippen molar-refractivity contribution in [1.29, 1.82) is 0 Å². The molecule has 4 heteroatoms. The lowest BCUT2D eigenvalue weighted by Gasteiger charge is -2.37. The zero-order valence-corrected chi connectivity index (χ0v) is 13.3. The van der Waals surface area contributed by atoms with Crippen LogP contribution in [0, 0.1) is 5.92 Å². The molecule has 2 saturated heterocycles. The number of piperidine rings is 1. The zero-order chi connectivity index (χ0) is 14.5. The van der Waals surface area contributed by atoms with Crippen molar-refractivity contribution in [1.82, 2.24) is 10.6 Å². The maximum Gasteiger partial charge on any atom is 0.230 e. The quantitative estimate of drug-likeness (QED) is 0.896. The molecule has 1 aromatic carbocycles. The number of amides is 1. The fourth-order valence-corrected chi connectivity index (χ4v) is 4.69. The predicted octanol–water partition coefficient (Wildman–Crippen LogP) is 2.18. The molecule has 1 unspecified atom stereocenters. The maximum absolute atomic E-state index is 12.9. The van der Waals surface area contributed by atoms with Gasteiger partial charge in [0.05, 0.1) is 5.41 Å². The number of carbonyl (C=O) groups excluding carboxylic acids is 1. The Hall–Kier alpha value is -1.00. The standard InChI is InChI=1S/C17H24N2OS/c20-16(19-12-14-6-11-21-13-14)17(7-9-18-10-8-17)15-4-2-1-3-5-15/h1-5,14,18H,6-13H2,(H,19,20). The van der Waals surface area contributed by atoms with Crippen LogP contribution in [0.4, 0.5) is 0 Å². The molecule has 1 aromatic rings. The van der Waals surface area contributed by atoms with Crippen molar-refractivity contribution >= 4 is 17.7 Å². The molecule has 0 bridgehead atoms. The predicted molar refractivity (Wildman–Crippen MR) is 88.7 cm³/mol. The largest absolute Gasteiger partial charge is 0.355 e. The Labute approximate surface area is 131 Å². The molecule has 21 heavy (non-hydrogen) atoms. The Kier molecular flexibility index (Phi) is 4.86. The van der Waals surface area contributed by atoms with Gasteiger partial charge in [-0.05, 0) is 55.3 Å². The minimum absolute atomic E-state index is 0.229. The van der Waals surface area contributed by atoms with Gasteiger partial charge in [0.2, 0.25) is 5.91 Å². The molecule has 2 fully saturated rings. The monoisotopic (exact) mass is 304 g/mol. The summed E-state index contributed by atoms with van der Waals surface area (Å²) < 4.78 is 0. The SMILES string of the molecule is O=C(NCC1CCSC1)C1(c2ccccc2)CCNCC1. The number of benzene rings is 1. The van der Waals surface area contributed by atoms with Crippen molar-refractivity contribution in [3.8, 4) is 0 Å². The van der Waals surface area contributed by atoms with Gasteiger partial charge in [-0.15, -0.1) is 0 Å². The average molecular weight is 304 g/mol. The van der Waals surface area contributed by atoms with Crippen LogP contribution >= 0.6 is 11.8 Å². The van der Waals surface area contributed by atoms with E-state index in [9.17, 15) is 4.79 Å². The van der Waals surface area contributed by atoms with Crippen LogP contribution in [0.1, 0.15) is 24.8 Å². The molecule has 0 aromatic heterocycles. The first-order chi connectivity index (χ1) is 10.3. The van der Waals surface area contributed by atoms with Crippen LogP contribution in [-0.4, -0.2) is 37.0 Å². The molecule has 0 aliphatic carbocycles. The van der Waals surface area contributed by atoms with Crippen LogP contribution in [0.2, 0.25) is 0 Å². The Bertz CT molecular complexity index is 465. The summed E-state index contributed by atoms with van der Waals surface area (Å²) in [5.74, 6) is 3.33. The Morgan fingerprint density at radius 2 is 2.05 bits per heavy atom. The second kappa shape index (κ2) is 6.84. The van der Waals surface area contributed by atoms with Crippen molar-refractivity contribution in [3.63, 3.8) is 0 Å². The van der Waals surface area contributed by atoms with Crippen molar-refractivity contribution < 1.29 is 4.79 Å². The average Bonchev–Trinajstić information content (AvgIpc) is 3.07.